The highest BCUT2D eigenvalue weighted by Crippen LogP contribution is 2.31. The van der Waals surface area contributed by atoms with E-state index >= 15 is 0 Å². The molecular weight excluding hydrogens is 306 g/mol. The van der Waals surface area contributed by atoms with E-state index in [1.54, 1.807) is 18.2 Å². The molecule has 0 radical (unpaired) electrons. The monoisotopic (exact) mass is 321 g/mol. The van der Waals surface area contributed by atoms with Gasteiger partial charge in [-0.05, 0) is 39.8 Å². The van der Waals surface area contributed by atoms with Crippen LogP contribution in [0.5, 0.6) is 0 Å². The topological polar surface area (TPSA) is 92.9 Å². The Balaban J connectivity index is 1.58. The Bertz CT molecular complexity index is 878. The summed E-state index contributed by atoms with van der Waals surface area (Å²) in [5.74, 6) is -0.245. The number of amides is 1. The van der Waals surface area contributed by atoms with Gasteiger partial charge in [0.1, 0.15) is 6.33 Å². The number of benzene rings is 2. The number of aliphatic hydroxyl groups excluding tert-OH is 1. The van der Waals surface area contributed by atoms with E-state index in [4.69, 9.17) is 0 Å². The predicted molar refractivity (Wildman–Crippen MR) is 85.5 cm³/mol. The number of aromatic nitrogens is 4. The summed E-state index contributed by atoms with van der Waals surface area (Å²) in [6.07, 6.45) is 1.40. The van der Waals surface area contributed by atoms with Crippen molar-refractivity contribution in [3.63, 3.8) is 0 Å². The molecule has 0 saturated heterocycles. The molecule has 0 fully saturated rings. The molecule has 2 atom stereocenters. The fourth-order valence-electron chi connectivity index (χ4n) is 3.04. The Hall–Kier alpha value is -3.06. The molecule has 120 valence electrons. The first-order valence-electron chi connectivity index (χ1n) is 7.62. The summed E-state index contributed by atoms with van der Waals surface area (Å²) in [4.78, 5) is 12.6. The maximum Gasteiger partial charge on any atom is 0.251 e. The van der Waals surface area contributed by atoms with E-state index in [9.17, 15) is 9.90 Å². The van der Waals surface area contributed by atoms with Crippen LogP contribution in [0.25, 0.3) is 5.69 Å². The summed E-state index contributed by atoms with van der Waals surface area (Å²) >= 11 is 0. The SMILES string of the molecule is O=C(NC1c2ccccc2CC1O)c1cccc(-n2cnnn2)c1. The van der Waals surface area contributed by atoms with E-state index in [2.05, 4.69) is 20.8 Å². The van der Waals surface area contributed by atoms with Gasteiger partial charge in [-0.2, -0.15) is 0 Å². The third-order valence-corrected chi connectivity index (χ3v) is 4.21. The fourth-order valence-corrected chi connectivity index (χ4v) is 3.04. The lowest BCUT2D eigenvalue weighted by molar-refractivity contribution is 0.0858. The molecule has 0 bridgehead atoms. The lowest BCUT2D eigenvalue weighted by Crippen LogP contribution is -2.33. The van der Waals surface area contributed by atoms with Gasteiger partial charge < -0.3 is 10.4 Å². The molecule has 0 saturated carbocycles. The number of rotatable bonds is 3. The fraction of sp³-hybridized carbons (Fsp3) is 0.176. The molecule has 4 rings (SSSR count). The second kappa shape index (κ2) is 5.86. The molecule has 0 aliphatic heterocycles. The molecular formula is C17H15N5O2. The number of tetrazole rings is 1. The van der Waals surface area contributed by atoms with Crippen LogP contribution in [0, 0.1) is 0 Å². The minimum atomic E-state index is -0.617. The third-order valence-electron chi connectivity index (χ3n) is 4.21. The Morgan fingerprint density at radius 3 is 2.92 bits per heavy atom. The van der Waals surface area contributed by atoms with Crippen molar-refractivity contribution in [2.45, 2.75) is 18.6 Å². The minimum absolute atomic E-state index is 0.245. The Labute approximate surface area is 137 Å². The first-order chi connectivity index (χ1) is 11.7. The average molecular weight is 321 g/mol. The van der Waals surface area contributed by atoms with Crippen LogP contribution in [0.4, 0.5) is 0 Å². The quantitative estimate of drug-likeness (QED) is 0.752. The standard InChI is InChI=1S/C17H15N5O2/c23-15-9-11-4-1-2-7-14(11)16(15)19-17(24)12-5-3-6-13(8-12)22-10-18-20-21-22/h1-8,10,15-16,23H,9H2,(H,19,24). The lowest BCUT2D eigenvalue weighted by atomic mass is 10.1. The van der Waals surface area contributed by atoms with Crippen LogP contribution in [0.3, 0.4) is 0 Å². The van der Waals surface area contributed by atoms with E-state index in [1.165, 1.54) is 11.0 Å². The predicted octanol–water partition coefficient (Wildman–Crippen LogP) is 1.05. The summed E-state index contributed by atoms with van der Waals surface area (Å²) < 4.78 is 1.48. The van der Waals surface area contributed by atoms with Gasteiger partial charge in [-0.15, -0.1) is 5.10 Å². The van der Waals surface area contributed by atoms with Gasteiger partial charge in [0.15, 0.2) is 0 Å². The second-order valence-electron chi connectivity index (χ2n) is 5.73. The highest BCUT2D eigenvalue weighted by molar-refractivity contribution is 5.95. The number of carbonyl (C=O) groups excluding carboxylic acids is 1. The molecule has 1 amide bonds. The van der Waals surface area contributed by atoms with Gasteiger partial charge in [-0.1, -0.05) is 30.3 Å². The maximum absolute atomic E-state index is 12.6. The molecule has 1 aliphatic carbocycles. The van der Waals surface area contributed by atoms with Gasteiger partial charge in [0, 0.05) is 12.0 Å². The van der Waals surface area contributed by atoms with Crippen LogP contribution >= 0.6 is 0 Å². The van der Waals surface area contributed by atoms with Gasteiger partial charge in [-0.3, -0.25) is 4.79 Å². The highest BCUT2D eigenvalue weighted by atomic mass is 16.3. The molecule has 24 heavy (non-hydrogen) atoms. The molecule has 3 aromatic rings. The van der Waals surface area contributed by atoms with E-state index in [1.807, 2.05) is 30.3 Å². The van der Waals surface area contributed by atoms with Crippen LogP contribution in [0.15, 0.2) is 54.9 Å². The van der Waals surface area contributed by atoms with E-state index < -0.39 is 12.1 Å². The Morgan fingerprint density at radius 2 is 2.08 bits per heavy atom. The summed E-state index contributed by atoms with van der Waals surface area (Å²) in [5.41, 5.74) is 3.22. The second-order valence-corrected chi connectivity index (χ2v) is 5.73. The molecule has 7 heteroatoms. The van der Waals surface area contributed by atoms with Crippen molar-refractivity contribution in [3.05, 3.63) is 71.5 Å². The largest absolute Gasteiger partial charge is 0.390 e. The molecule has 2 aromatic carbocycles. The lowest BCUT2D eigenvalue weighted by Gasteiger charge is -2.18. The van der Waals surface area contributed by atoms with Gasteiger partial charge in [0.05, 0.1) is 17.8 Å². The first-order valence-corrected chi connectivity index (χ1v) is 7.62. The van der Waals surface area contributed by atoms with Gasteiger partial charge in [-0.25, -0.2) is 4.68 Å². The van der Waals surface area contributed by atoms with Crippen molar-refractivity contribution in [2.75, 3.05) is 0 Å². The smallest absolute Gasteiger partial charge is 0.251 e. The number of nitrogens with zero attached hydrogens (tertiary/aromatic N) is 4. The third kappa shape index (κ3) is 2.55. The summed E-state index contributed by atoms with van der Waals surface area (Å²) in [6.45, 7) is 0. The number of hydrogen-bond acceptors (Lipinski definition) is 5. The normalized spacial score (nSPS) is 19.0. The minimum Gasteiger partial charge on any atom is -0.390 e. The molecule has 0 spiro atoms. The first kappa shape index (κ1) is 14.5. The van der Waals surface area contributed by atoms with Crippen molar-refractivity contribution in [1.29, 1.82) is 0 Å². The number of nitrogens with one attached hydrogen (secondary N) is 1. The Kier molecular flexibility index (Phi) is 3.55. The zero-order valence-electron chi connectivity index (χ0n) is 12.7. The van der Waals surface area contributed by atoms with Crippen molar-refractivity contribution in [3.8, 4) is 5.69 Å². The molecule has 1 aliphatic rings. The van der Waals surface area contributed by atoms with Gasteiger partial charge in [0.25, 0.3) is 5.91 Å². The van der Waals surface area contributed by atoms with E-state index in [-0.39, 0.29) is 5.91 Å². The number of fused-ring (bicyclic) bond motifs is 1. The summed E-state index contributed by atoms with van der Waals surface area (Å²) in [6, 6.07) is 14.4. The Morgan fingerprint density at radius 1 is 1.21 bits per heavy atom. The van der Waals surface area contributed by atoms with Crippen molar-refractivity contribution in [1.82, 2.24) is 25.5 Å². The van der Waals surface area contributed by atoms with Crippen LogP contribution in [0.2, 0.25) is 0 Å². The zero-order valence-corrected chi connectivity index (χ0v) is 12.7. The van der Waals surface area contributed by atoms with E-state index in [0.29, 0.717) is 17.7 Å². The van der Waals surface area contributed by atoms with Crippen LogP contribution < -0.4 is 5.32 Å². The van der Waals surface area contributed by atoms with Gasteiger partial charge in [0.2, 0.25) is 0 Å². The van der Waals surface area contributed by atoms with Crippen molar-refractivity contribution >= 4 is 5.91 Å². The summed E-state index contributed by atoms with van der Waals surface area (Å²) in [5, 5.41) is 24.2. The van der Waals surface area contributed by atoms with Crippen LogP contribution in [0.1, 0.15) is 27.5 Å². The number of carbonyl (C=O) groups is 1. The molecule has 2 unspecified atom stereocenters. The number of hydrogen-bond donors (Lipinski definition) is 2. The van der Waals surface area contributed by atoms with Crippen molar-refractivity contribution in [2.24, 2.45) is 0 Å². The average Bonchev–Trinajstić information content (AvgIpc) is 3.24. The number of aliphatic hydroxyl groups is 1. The zero-order chi connectivity index (χ0) is 16.5. The maximum atomic E-state index is 12.6. The van der Waals surface area contributed by atoms with E-state index in [0.717, 1.165) is 11.1 Å². The molecule has 1 heterocycles. The molecule has 1 aromatic heterocycles. The van der Waals surface area contributed by atoms with Crippen LogP contribution in [-0.4, -0.2) is 37.3 Å². The highest BCUT2D eigenvalue weighted by Gasteiger charge is 2.32. The molecule has 2 N–H and O–H groups in total. The summed E-state index contributed by atoms with van der Waals surface area (Å²) in [7, 11) is 0. The van der Waals surface area contributed by atoms with Gasteiger partial charge >= 0.3 is 0 Å². The van der Waals surface area contributed by atoms with Crippen LogP contribution in [-0.2, 0) is 6.42 Å². The van der Waals surface area contributed by atoms with Crippen molar-refractivity contribution < 1.29 is 9.90 Å². The molecule has 7 nitrogen and oxygen atoms in total.